The summed E-state index contributed by atoms with van der Waals surface area (Å²) in [5, 5.41) is 5.86. The van der Waals surface area contributed by atoms with Gasteiger partial charge in [0.05, 0.1) is 12.0 Å². The molecule has 0 bridgehead atoms. The van der Waals surface area contributed by atoms with Crippen LogP contribution in [0.3, 0.4) is 0 Å². The van der Waals surface area contributed by atoms with Crippen molar-refractivity contribution in [3.05, 3.63) is 48.5 Å². The van der Waals surface area contributed by atoms with Crippen LogP contribution in [0.25, 0.3) is 0 Å². The molecule has 0 aliphatic carbocycles. The maximum absolute atomic E-state index is 12.3. The molecular formula is C19H25N3O4S. The Kier molecular flexibility index (Phi) is 6.81. The SMILES string of the molecule is COc1ccc(N[C@@H](C)C(=O)Nc2ccc(S(=O)(=O)NC(C)C)cc2)cc1. The van der Waals surface area contributed by atoms with E-state index in [1.807, 2.05) is 12.1 Å². The van der Waals surface area contributed by atoms with Gasteiger partial charge in [-0.05, 0) is 69.3 Å². The lowest BCUT2D eigenvalue weighted by Crippen LogP contribution is -2.32. The fourth-order valence-electron chi connectivity index (χ4n) is 2.35. The molecule has 1 amide bonds. The highest BCUT2D eigenvalue weighted by Gasteiger charge is 2.16. The fourth-order valence-corrected chi connectivity index (χ4v) is 3.60. The lowest BCUT2D eigenvalue weighted by atomic mass is 10.2. The van der Waals surface area contributed by atoms with Crippen molar-refractivity contribution in [3.8, 4) is 5.75 Å². The van der Waals surface area contributed by atoms with Gasteiger partial charge >= 0.3 is 0 Å². The number of rotatable bonds is 8. The van der Waals surface area contributed by atoms with Gasteiger partial charge in [0.15, 0.2) is 0 Å². The first-order valence-corrected chi connectivity index (χ1v) is 10.0. The predicted molar refractivity (Wildman–Crippen MR) is 107 cm³/mol. The zero-order chi connectivity index (χ0) is 20.0. The monoisotopic (exact) mass is 391 g/mol. The summed E-state index contributed by atoms with van der Waals surface area (Å²) < 4.78 is 31.8. The van der Waals surface area contributed by atoms with Crippen LogP contribution in [0.2, 0.25) is 0 Å². The highest BCUT2D eigenvalue weighted by Crippen LogP contribution is 2.17. The lowest BCUT2D eigenvalue weighted by Gasteiger charge is -2.16. The van der Waals surface area contributed by atoms with Crippen LogP contribution >= 0.6 is 0 Å². The smallest absolute Gasteiger partial charge is 0.246 e. The number of hydrogen-bond acceptors (Lipinski definition) is 5. The summed E-state index contributed by atoms with van der Waals surface area (Å²) in [6.07, 6.45) is 0. The van der Waals surface area contributed by atoms with Gasteiger partial charge in [0.2, 0.25) is 15.9 Å². The number of hydrogen-bond donors (Lipinski definition) is 3. The van der Waals surface area contributed by atoms with Gasteiger partial charge in [-0.1, -0.05) is 0 Å². The topological polar surface area (TPSA) is 96.5 Å². The van der Waals surface area contributed by atoms with Crippen LogP contribution in [0.1, 0.15) is 20.8 Å². The average Bonchev–Trinajstić information content (AvgIpc) is 2.61. The first kappa shape index (κ1) is 20.7. The minimum absolute atomic E-state index is 0.151. The summed E-state index contributed by atoms with van der Waals surface area (Å²) in [7, 11) is -1.96. The number of amides is 1. The van der Waals surface area contributed by atoms with Gasteiger partial charge in [-0.2, -0.15) is 0 Å². The van der Waals surface area contributed by atoms with Crippen LogP contribution in [0.4, 0.5) is 11.4 Å². The number of ether oxygens (including phenoxy) is 1. The minimum atomic E-state index is -3.55. The van der Waals surface area contributed by atoms with Gasteiger partial charge in [-0.15, -0.1) is 0 Å². The second-order valence-electron chi connectivity index (χ2n) is 6.38. The molecule has 3 N–H and O–H groups in total. The van der Waals surface area contributed by atoms with E-state index in [1.165, 1.54) is 12.1 Å². The summed E-state index contributed by atoms with van der Waals surface area (Å²) in [6, 6.07) is 12.6. The molecule has 2 aromatic carbocycles. The van der Waals surface area contributed by atoms with Crippen LogP contribution in [-0.4, -0.2) is 33.5 Å². The Balaban J connectivity index is 1.98. The molecule has 0 aromatic heterocycles. The highest BCUT2D eigenvalue weighted by atomic mass is 32.2. The average molecular weight is 391 g/mol. The number of sulfonamides is 1. The van der Waals surface area contributed by atoms with Crippen molar-refractivity contribution < 1.29 is 17.9 Å². The minimum Gasteiger partial charge on any atom is -0.497 e. The lowest BCUT2D eigenvalue weighted by molar-refractivity contribution is -0.116. The zero-order valence-corrected chi connectivity index (χ0v) is 16.6. The number of nitrogens with one attached hydrogen (secondary N) is 3. The quantitative estimate of drug-likeness (QED) is 0.643. The number of anilines is 2. The fraction of sp³-hybridized carbons (Fsp3) is 0.316. The Hall–Kier alpha value is -2.58. The zero-order valence-electron chi connectivity index (χ0n) is 15.8. The van der Waals surface area contributed by atoms with Gasteiger partial charge in [0.1, 0.15) is 11.8 Å². The first-order chi connectivity index (χ1) is 12.7. The van der Waals surface area contributed by atoms with E-state index in [9.17, 15) is 13.2 Å². The molecule has 0 aliphatic rings. The Morgan fingerprint density at radius 3 is 2.00 bits per heavy atom. The number of carbonyl (C=O) groups excluding carboxylic acids is 1. The molecule has 0 fully saturated rings. The van der Waals surface area contributed by atoms with Crippen LogP contribution in [-0.2, 0) is 14.8 Å². The predicted octanol–water partition coefficient (Wildman–Crippen LogP) is 2.82. The van der Waals surface area contributed by atoms with Crippen molar-refractivity contribution in [3.63, 3.8) is 0 Å². The molecule has 2 rings (SSSR count). The molecule has 2 aromatic rings. The molecule has 27 heavy (non-hydrogen) atoms. The summed E-state index contributed by atoms with van der Waals surface area (Å²) in [4.78, 5) is 12.5. The molecule has 1 atom stereocenters. The van der Waals surface area contributed by atoms with Gasteiger partial charge in [-0.25, -0.2) is 13.1 Å². The molecule has 0 aliphatic heterocycles. The third-order valence-electron chi connectivity index (χ3n) is 3.69. The Bertz CT molecular complexity index is 863. The van der Waals surface area contributed by atoms with E-state index in [0.717, 1.165) is 11.4 Å². The van der Waals surface area contributed by atoms with Crippen LogP contribution < -0.4 is 20.1 Å². The maximum atomic E-state index is 12.3. The van der Waals surface area contributed by atoms with E-state index in [0.29, 0.717) is 5.69 Å². The Morgan fingerprint density at radius 2 is 1.48 bits per heavy atom. The highest BCUT2D eigenvalue weighted by molar-refractivity contribution is 7.89. The normalized spacial score (nSPS) is 12.5. The van der Waals surface area contributed by atoms with Crippen molar-refractivity contribution in [2.45, 2.75) is 37.8 Å². The van der Waals surface area contributed by atoms with E-state index in [1.54, 1.807) is 52.1 Å². The van der Waals surface area contributed by atoms with Crippen LogP contribution in [0.5, 0.6) is 5.75 Å². The molecular weight excluding hydrogens is 366 g/mol. The van der Waals surface area contributed by atoms with E-state index >= 15 is 0 Å². The molecule has 0 heterocycles. The third kappa shape index (κ3) is 5.97. The number of carbonyl (C=O) groups is 1. The standard InChI is InChI=1S/C19H25N3O4S/c1-13(2)22-27(24,25)18-11-7-16(8-12-18)21-19(23)14(3)20-15-5-9-17(26-4)10-6-15/h5-14,20,22H,1-4H3,(H,21,23)/t14-/m0/s1. The van der Waals surface area contributed by atoms with Gasteiger partial charge < -0.3 is 15.4 Å². The Labute approximate surface area is 160 Å². The summed E-state index contributed by atoms with van der Waals surface area (Å²) in [6.45, 7) is 5.25. The van der Waals surface area contributed by atoms with E-state index in [4.69, 9.17) is 4.74 Å². The third-order valence-corrected chi connectivity index (χ3v) is 5.36. The van der Waals surface area contributed by atoms with Gasteiger partial charge in [0.25, 0.3) is 0 Å². The second-order valence-corrected chi connectivity index (χ2v) is 8.10. The Morgan fingerprint density at radius 1 is 0.926 bits per heavy atom. The first-order valence-electron chi connectivity index (χ1n) is 8.55. The molecule has 7 nitrogen and oxygen atoms in total. The van der Waals surface area contributed by atoms with Gasteiger partial charge in [-0.3, -0.25) is 4.79 Å². The molecule has 146 valence electrons. The van der Waals surface area contributed by atoms with Crippen LogP contribution in [0.15, 0.2) is 53.4 Å². The van der Waals surface area contributed by atoms with E-state index in [2.05, 4.69) is 15.4 Å². The molecule has 0 unspecified atom stereocenters. The second kappa shape index (κ2) is 8.88. The van der Waals surface area contributed by atoms with Gasteiger partial charge in [0, 0.05) is 17.4 Å². The molecule has 8 heteroatoms. The molecule has 0 saturated heterocycles. The van der Waals surface area contributed by atoms with Crippen molar-refractivity contribution in [1.82, 2.24) is 4.72 Å². The number of methoxy groups -OCH3 is 1. The van der Waals surface area contributed by atoms with Crippen molar-refractivity contribution in [1.29, 1.82) is 0 Å². The van der Waals surface area contributed by atoms with Crippen molar-refractivity contribution in [2.75, 3.05) is 17.7 Å². The summed E-state index contributed by atoms with van der Waals surface area (Å²) in [5.74, 6) is 0.501. The largest absolute Gasteiger partial charge is 0.497 e. The van der Waals surface area contributed by atoms with E-state index < -0.39 is 16.1 Å². The van der Waals surface area contributed by atoms with Crippen LogP contribution in [0, 0.1) is 0 Å². The molecule has 0 spiro atoms. The summed E-state index contributed by atoms with van der Waals surface area (Å²) >= 11 is 0. The van der Waals surface area contributed by atoms with Crippen molar-refractivity contribution >= 4 is 27.3 Å². The molecule has 0 saturated carbocycles. The van der Waals surface area contributed by atoms with E-state index in [-0.39, 0.29) is 16.8 Å². The molecule has 0 radical (unpaired) electrons. The van der Waals surface area contributed by atoms with Crippen molar-refractivity contribution in [2.24, 2.45) is 0 Å². The maximum Gasteiger partial charge on any atom is 0.246 e. The summed E-state index contributed by atoms with van der Waals surface area (Å²) in [5.41, 5.74) is 1.31. The number of benzene rings is 2.